The summed E-state index contributed by atoms with van der Waals surface area (Å²) in [6.07, 6.45) is 8.38. The van der Waals surface area contributed by atoms with Gasteiger partial charge in [-0.2, -0.15) is 0 Å². The number of carbonyl (C=O) groups excluding carboxylic acids is 2. The van der Waals surface area contributed by atoms with Crippen molar-refractivity contribution in [3.8, 4) is 0 Å². The van der Waals surface area contributed by atoms with Crippen molar-refractivity contribution in [1.82, 2.24) is 4.98 Å². The number of fused-ring (bicyclic) bond motifs is 2. The molecule has 2 amide bonds. The van der Waals surface area contributed by atoms with Gasteiger partial charge in [0.1, 0.15) is 5.03 Å². The standard InChI is InChI=1S/C27H27N3O2S/c31-25(17-19-7-2-1-3-8-19)29-22-14-12-20(13-15-22)27(32)30-18-21-9-4-5-11-24(21)33-26-23(30)10-6-16-28-26/h4-6,9-16,19H,1-3,7-8,17-18H2,(H,29,31). The van der Waals surface area contributed by atoms with Crippen molar-refractivity contribution in [2.24, 2.45) is 5.92 Å². The molecular weight excluding hydrogens is 430 g/mol. The molecule has 0 atom stereocenters. The second-order valence-electron chi connectivity index (χ2n) is 8.76. The monoisotopic (exact) mass is 457 g/mol. The van der Waals surface area contributed by atoms with E-state index in [9.17, 15) is 9.59 Å². The number of amides is 2. The van der Waals surface area contributed by atoms with E-state index < -0.39 is 0 Å². The Bertz CT molecular complexity index is 1160. The second-order valence-corrected chi connectivity index (χ2v) is 9.79. The highest BCUT2D eigenvalue weighted by molar-refractivity contribution is 7.99. The van der Waals surface area contributed by atoms with Crippen LogP contribution >= 0.6 is 11.8 Å². The van der Waals surface area contributed by atoms with Crippen molar-refractivity contribution >= 4 is 35.0 Å². The van der Waals surface area contributed by atoms with Crippen molar-refractivity contribution in [1.29, 1.82) is 0 Å². The predicted octanol–water partition coefficient (Wildman–Crippen LogP) is 6.30. The number of anilines is 2. The van der Waals surface area contributed by atoms with E-state index in [1.807, 2.05) is 36.4 Å². The molecule has 1 aliphatic heterocycles. The van der Waals surface area contributed by atoms with Crippen molar-refractivity contribution in [3.05, 3.63) is 78.0 Å². The minimum Gasteiger partial charge on any atom is -0.326 e. The lowest BCUT2D eigenvalue weighted by atomic mass is 9.87. The van der Waals surface area contributed by atoms with Crippen LogP contribution in [0.4, 0.5) is 11.4 Å². The summed E-state index contributed by atoms with van der Waals surface area (Å²) in [6, 6.07) is 19.1. The van der Waals surface area contributed by atoms with Gasteiger partial charge < -0.3 is 10.2 Å². The molecule has 5 rings (SSSR count). The number of rotatable bonds is 4. The number of nitrogens with zero attached hydrogens (tertiary/aromatic N) is 2. The van der Waals surface area contributed by atoms with Gasteiger partial charge in [0.05, 0.1) is 12.2 Å². The normalized spacial score (nSPS) is 15.8. The Hall–Kier alpha value is -3.12. The van der Waals surface area contributed by atoms with Gasteiger partial charge in [0, 0.05) is 28.8 Å². The maximum atomic E-state index is 13.5. The van der Waals surface area contributed by atoms with E-state index in [-0.39, 0.29) is 11.8 Å². The van der Waals surface area contributed by atoms with Crippen molar-refractivity contribution in [2.45, 2.75) is 55.0 Å². The lowest BCUT2D eigenvalue weighted by Crippen LogP contribution is -2.30. The van der Waals surface area contributed by atoms with Gasteiger partial charge in [-0.3, -0.25) is 9.59 Å². The molecular formula is C27H27N3O2S. The van der Waals surface area contributed by atoms with Gasteiger partial charge in [0.2, 0.25) is 5.91 Å². The van der Waals surface area contributed by atoms with Gasteiger partial charge in [0.15, 0.2) is 0 Å². The van der Waals surface area contributed by atoms with Crippen LogP contribution in [0.15, 0.2) is 76.8 Å². The molecule has 1 saturated carbocycles. The first-order valence-electron chi connectivity index (χ1n) is 11.6. The molecule has 168 valence electrons. The van der Waals surface area contributed by atoms with E-state index >= 15 is 0 Å². The Morgan fingerprint density at radius 1 is 0.970 bits per heavy atom. The van der Waals surface area contributed by atoms with Gasteiger partial charge in [-0.05, 0) is 66.8 Å². The molecule has 5 nitrogen and oxygen atoms in total. The number of pyridine rings is 1. The van der Waals surface area contributed by atoms with E-state index in [1.165, 1.54) is 19.3 Å². The highest BCUT2D eigenvalue weighted by Crippen LogP contribution is 2.40. The Morgan fingerprint density at radius 3 is 2.58 bits per heavy atom. The minimum atomic E-state index is -0.0818. The van der Waals surface area contributed by atoms with Crippen LogP contribution in [0.3, 0.4) is 0 Å². The van der Waals surface area contributed by atoms with E-state index in [2.05, 4.69) is 22.4 Å². The molecule has 0 radical (unpaired) electrons. The van der Waals surface area contributed by atoms with Gasteiger partial charge in [0.25, 0.3) is 5.91 Å². The summed E-state index contributed by atoms with van der Waals surface area (Å²) >= 11 is 1.59. The van der Waals surface area contributed by atoms with E-state index in [0.717, 1.165) is 39.7 Å². The molecule has 2 aliphatic rings. The maximum Gasteiger partial charge on any atom is 0.258 e. The molecule has 33 heavy (non-hydrogen) atoms. The quantitative estimate of drug-likeness (QED) is 0.499. The highest BCUT2D eigenvalue weighted by atomic mass is 32.2. The molecule has 0 bridgehead atoms. The molecule has 0 saturated heterocycles. The number of nitrogens with one attached hydrogen (secondary N) is 1. The summed E-state index contributed by atoms with van der Waals surface area (Å²) in [7, 11) is 0. The van der Waals surface area contributed by atoms with Gasteiger partial charge in [-0.1, -0.05) is 49.2 Å². The average molecular weight is 458 g/mol. The van der Waals surface area contributed by atoms with Crippen LogP contribution in [-0.2, 0) is 11.3 Å². The van der Waals surface area contributed by atoms with Crippen LogP contribution in [0.25, 0.3) is 0 Å². The third kappa shape index (κ3) is 4.96. The summed E-state index contributed by atoms with van der Waals surface area (Å²) in [5.74, 6) is 0.473. The SMILES string of the molecule is O=C(CC1CCCCC1)Nc1ccc(C(=O)N2Cc3ccccc3Sc3ncccc32)cc1. The summed E-state index contributed by atoms with van der Waals surface area (Å²) in [6.45, 7) is 0.487. The largest absolute Gasteiger partial charge is 0.326 e. The van der Waals surface area contributed by atoms with Crippen molar-refractivity contribution in [3.63, 3.8) is 0 Å². The zero-order valence-corrected chi connectivity index (χ0v) is 19.3. The molecule has 0 unspecified atom stereocenters. The zero-order valence-electron chi connectivity index (χ0n) is 18.5. The maximum absolute atomic E-state index is 13.5. The third-order valence-corrected chi connectivity index (χ3v) is 7.54. The lowest BCUT2D eigenvalue weighted by molar-refractivity contribution is -0.117. The minimum absolute atomic E-state index is 0.0575. The number of hydrogen-bond donors (Lipinski definition) is 1. The summed E-state index contributed by atoms with van der Waals surface area (Å²) in [5.41, 5.74) is 3.22. The highest BCUT2D eigenvalue weighted by Gasteiger charge is 2.26. The van der Waals surface area contributed by atoms with Gasteiger partial charge >= 0.3 is 0 Å². The van der Waals surface area contributed by atoms with Crippen molar-refractivity contribution < 1.29 is 9.59 Å². The van der Waals surface area contributed by atoms with E-state index in [1.54, 1.807) is 35.0 Å². The Kier molecular flexibility index (Phi) is 6.44. The molecule has 1 fully saturated rings. The molecule has 1 aromatic heterocycles. The number of carbonyl (C=O) groups is 2. The summed E-state index contributed by atoms with van der Waals surface area (Å²) in [4.78, 5) is 33.4. The first kappa shape index (κ1) is 21.7. The van der Waals surface area contributed by atoms with Crippen LogP contribution < -0.4 is 10.2 Å². The van der Waals surface area contributed by atoms with Crippen LogP contribution in [0.1, 0.15) is 54.4 Å². The molecule has 2 heterocycles. The van der Waals surface area contributed by atoms with Crippen LogP contribution in [0.2, 0.25) is 0 Å². The number of aromatic nitrogens is 1. The first-order valence-corrected chi connectivity index (χ1v) is 12.4. The molecule has 1 N–H and O–H groups in total. The van der Waals surface area contributed by atoms with Crippen LogP contribution in [0, 0.1) is 5.92 Å². The van der Waals surface area contributed by atoms with Crippen LogP contribution in [0.5, 0.6) is 0 Å². The fourth-order valence-electron chi connectivity index (χ4n) is 4.66. The van der Waals surface area contributed by atoms with E-state index in [4.69, 9.17) is 0 Å². The van der Waals surface area contributed by atoms with Crippen LogP contribution in [-0.4, -0.2) is 16.8 Å². The molecule has 1 aliphatic carbocycles. The second kappa shape index (κ2) is 9.79. The molecule has 2 aromatic carbocycles. The number of benzene rings is 2. The smallest absolute Gasteiger partial charge is 0.258 e. The van der Waals surface area contributed by atoms with Gasteiger partial charge in [-0.15, -0.1) is 0 Å². The van der Waals surface area contributed by atoms with E-state index in [0.29, 0.717) is 24.4 Å². The van der Waals surface area contributed by atoms with Gasteiger partial charge in [-0.25, -0.2) is 4.98 Å². The Morgan fingerprint density at radius 2 is 1.76 bits per heavy atom. The average Bonchev–Trinajstić information content (AvgIpc) is 3.01. The fourth-order valence-corrected chi connectivity index (χ4v) is 5.67. The molecule has 3 aromatic rings. The number of hydrogen-bond acceptors (Lipinski definition) is 4. The Labute approximate surface area is 198 Å². The first-order chi connectivity index (χ1) is 16.2. The summed E-state index contributed by atoms with van der Waals surface area (Å²) < 4.78 is 0. The van der Waals surface area contributed by atoms with Crippen molar-refractivity contribution in [2.75, 3.05) is 10.2 Å². The Balaban J connectivity index is 1.32. The zero-order chi connectivity index (χ0) is 22.6. The lowest BCUT2D eigenvalue weighted by Gasteiger charge is -2.23. The molecule has 0 spiro atoms. The topological polar surface area (TPSA) is 62.3 Å². The predicted molar refractivity (Wildman–Crippen MR) is 132 cm³/mol. The fraction of sp³-hybridized carbons (Fsp3) is 0.296. The third-order valence-electron chi connectivity index (χ3n) is 6.41. The molecule has 6 heteroatoms. The summed E-state index contributed by atoms with van der Waals surface area (Å²) in [5, 5.41) is 3.82.